The third-order valence-corrected chi connectivity index (χ3v) is 6.15. The number of nitrogens with one attached hydrogen (secondary N) is 2. The fourth-order valence-electron chi connectivity index (χ4n) is 4.57. The van der Waals surface area contributed by atoms with Gasteiger partial charge in [0.1, 0.15) is 11.5 Å². The van der Waals surface area contributed by atoms with Gasteiger partial charge in [0.25, 0.3) is 0 Å². The van der Waals surface area contributed by atoms with Crippen LogP contribution in [0.3, 0.4) is 0 Å². The molecule has 0 aliphatic rings. The third kappa shape index (κ3) is 3.86. The van der Waals surface area contributed by atoms with Crippen LogP contribution in [0.5, 0.6) is 0 Å². The normalized spacial score (nSPS) is 11.7. The molecule has 0 atom stereocenters. The summed E-state index contributed by atoms with van der Waals surface area (Å²) in [6, 6.07) is 17.2. The highest BCUT2D eigenvalue weighted by atomic mass is 19.1. The predicted octanol–water partition coefficient (Wildman–Crippen LogP) is 6.04. The molecule has 4 heterocycles. The van der Waals surface area contributed by atoms with Crippen molar-refractivity contribution in [1.82, 2.24) is 30.0 Å². The number of aromatic amines is 2. The number of pyridine rings is 2. The lowest BCUT2D eigenvalue weighted by Crippen LogP contribution is -2.10. The maximum atomic E-state index is 14.5. The largest absolute Gasteiger partial charge is 0.352 e. The average molecular weight is 463 g/mol. The third-order valence-electron chi connectivity index (χ3n) is 6.15. The van der Waals surface area contributed by atoms with Crippen LogP contribution in [0, 0.1) is 5.82 Å². The highest BCUT2D eigenvalue weighted by Crippen LogP contribution is 2.35. The van der Waals surface area contributed by atoms with E-state index >= 15 is 0 Å². The summed E-state index contributed by atoms with van der Waals surface area (Å²) in [6.07, 6.45) is 7.24. The first-order chi connectivity index (χ1) is 17.1. The summed E-state index contributed by atoms with van der Waals surface area (Å²) in [7, 11) is 4.09. The van der Waals surface area contributed by atoms with E-state index in [0.29, 0.717) is 5.56 Å². The Labute approximate surface area is 201 Å². The molecule has 2 aromatic carbocycles. The monoisotopic (exact) mass is 462 g/mol. The number of aromatic nitrogens is 5. The van der Waals surface area contributed by atoms with Gasteiger partial charge in [-0.2, -0.15) is 5.10 Å². The van der Waals surface area contributed by atoms with Crippen LogP contribution < -0.4 is 0 Å². The molecule has 6 nitrogen and oxygen atoms in total. The van der Waals surface area contributed by atoms with Crippen LogP contribution >= 0.6 is 0 Å². The number of fused-ring (bicyclic) bond motifs is 2. The average Bonchev–Trinajstić information content (AvgIpc) is 3.47. The summed E-state index contributed by atoms with van der Waals surface area (Å²) in [4.78, 5) is 14.3. The van der Waals surface area contributed by atoms with Crippen LogP contribution in [0.1, 0.15) is 5.56 Å². The van der Waals surface area contributed by atoms with E-state index in [1.54, 1.807) is 24.5 Å². The zero-order chi connectivity index (χ0) is 23.9. The van der Waals surface area contributed by atoms with E-state index < -0.39 is 0 Å². The summed E-state index contributed by atoms with van der Waals surface area (Å²) in [5.41, 5.74) is 7.95. The van der Waals surface area contributed by atoms with Crippen molar-refractivity contribution < 1.29 is 4.39 Å². The molecule has 0 aliphatic heterocycles. The number of hydrogen-bond acceptors (Lipinski definition) is 4. The van der Waals surface area contributed by atoms with Crippen molar-refractivity contribution in [2.45, 2.75) is 6.54 Å². The van der Waals surface area contributed by atoms with E-state index in [2.05, 4.69) is 48.2 Å². The Morgan fingerprint density at radius 3 is 2.51 bits per heavy atom. The Bertz CT molecular complexity index is 1680. The van der Waals surface area contributed by atoms with E-state index in [1.807, 2.05) is 44.7 Å². The molecule has 0 bridgehead atoms. The summed E-state index contributed by atoms with van der Waals surface area (Å²) < 4.78 is 14.5. The number of hydrogen-bond donors (Lipinski definition) is 2. The van der Waals surface area contributed by atoms with Gasteiger partial charge in [0.2, 0.25) is 0 Å². The molecular weight excluding hydrogens is 439 g/mol. The maximum absolute atomic E-state index is 14.5. The Kier molecular flexibility index (Phi) is 5.12. The van der Waals surface area contributed by atoms with Gasteiger partial charge in [-0.15, -0.1) is 0 Å². The molecule has 4 aromatic heterocycles. The van der Waals surface area contributed by atoms with Gasteiger partial charge in [0.15, 0.2) is 0 Å². The molecule has 0 radical (unpaired) electrons. The van der Waals surface area contributed by atoms with Gasteiger partial charge in [-0.05, 0) is 55.6 Å². The Morgan fingerprint density at radius 2 is 1.66 bits per heavy atom. The maximum Gasteiger partial charge on any atom is 0.131 e. The van der Waals surface area contributed by atoms with Gasteiger partial charge in [0, 0.05) is 52.6 Å². The smallest absolute Gasteiger partial charge is 0.131 e. The molecular formula is C28H23FN6. The minimum atomic E-state index is -0.274. The first kappa shape index (κ1) is 21.2. The standard InChI is InChI=1S/C28H23FN6/c1-35(2)16-17-9-19(13-30-12-17)18-7-8-25-22(10-18)28(34-33-25)26-11-21-23(14-31-15-27(21)32-26)20-5-3-4-6-24(20)29/h3-15,32H,16H2,1-2H3,(H,33,34). The lowest BCUT2D eigenvalue weighted by atomic mass is 10.0. The molecule has 0 aliphatic carbocycles. The lowest BCUT2D eigenvalue weighted by Gasteiger charge is -2.10. The van der Waals surface area contributed by atoms with Crippen LogP contribution in [-0.2, 0) is 6.54 Å². The molecule has 6 aromatic rings. The molecule has 35 heavy (non-hydrogen) atoms. The first-order valence-corrected chi connectivity index (χ1v) is 11.4. The van der Waals surface area contributed by atoms with Crippen LogP contribution in [0.2, 0.25) is 0 Å². The molecule has 0 amide bonds. The molecule has 0 fully saturated rings. The van der Waals surface area contributed by atoms with Crippen molar-refractivity contribution in [2.75, 3.05) is 14.1 Å². The summed E-state index contributed by atoms with van der Waals surface area (Å²) in [6.45, 7) is 0.827. The molecule has 6 rings (SSSR count). The van der Waals surface area contributed by atoms with Crippen molar-refractivity contribution in [3.63, 3.8) is 0 Å². The second-order valence-electron chi connectivity index (χ2n) is 8.96. The van der Waals surface area contributed by atoms with Crippen molar-refractivity contribution in [1.29, 1.82) is 0 Å². The Morgan fingerprint density at radius 1 is 0.800 bits per heavy atom. The molecule has 0 spiro atoms. The Balaban J connectivity index is 1.46. The van der Waals surface area contributed by atoms with Crippen LogP contribution in [0.4, 0.5) is 4.39 Å². The predicted molar refractivity (Wildman–Crippen MR) is 137 cm³/mol. The van der Waals surface area contributed by atoms with Crippen LogP contribution in [-0.4, -0.2) is 44.1 Å². The van der Waals surface area contributed by atoms with Gasteiger partial charge in [0.05, 0.1) is 22.9 Å². The lowest BCUT2D eigenvalue weighted by molar-refractivity contribution is 0.402. The number of H-pyrrole nitrogens is 2. The minimum Gasteiger partial charge on any atom is -0.352 e. The van der Waals surface area contributed by atoms with E-state index in [9.17, 15) is 4.39 Å². The van der Waals surface area contributed by atoms with Gasteiger partial charge in [-0.3, -0.25) is 15.1 Å². The minimum absolute atomic E-state index is 0.274. The summed E-state index contributed by atoms with van der Waals surface area (Å²) >= 11 is 0. The SMILES string of the molecule is CN(C)Cc1cncc(-c2ccc3[nH]nc(-c4cc5c(-c6ccccc6F)cncc5[nH]4)c3c2)c1. The van der Waals surface area contributed by atoms with Crippen LogP contribution in [0.25, 0.3) is 55.4 Å². The van der Waals surface area contributed by atoms with Gasteiger partial charge in [-0.25, -0.2) is 4.39 Å². The van der Waals surface area contributed by atoms with Gasteiger partial charge in [-0.1, -0.05) is 24.3 Å². The fourth-order valence-corrected chi connectivity index (χ4v) is 4.57. The molecule has 0 unspecified atom stereocenters. The molecule has 172 valence electrons. The van der Waals surface area contributed by atoms with Crippen molar-refractivity contribution in [2.24, 2.45) is 0 Å². The zero-order valence-corrected chi connectivity index (χ0v) is 19.4. The summed E-state index contributed by atoms with van der Waals surface area (Å²) in [5.74, 6) is -0.274. The van der Waals surface area contributed by atoms with Crippen LogP contribution in [0.15, 0.2) is 79.4 Å². The second kappa shape index (κ2) is 8.45. The quantitative estimate of drug-likeness (QED) is 0.328. The fraction of sp³-hybridized carbons (Fsp3) is 0.107. The van der Waals surface area contributed by atoms with Crippen molar-refractivity contribution >= 4 is 21.8 Å². The van der Waals surface area contributed by atoms with E-state index in [0.717, 1.165) is 62.0 Å². The number of benzene rings is 2. The number of halogens is 1. The van der Waals surface area contributed by atoms with Crippen molar-refractivity contribution in [3.8, 4) is 33.6 Å². The highest BCUT2D eigenvalue weighted by molar-refractivity contribution is 6.01. The zero-order valence-electron chi connectivity index (χ0n) is 19.4. The Hall–Kier alpha value is -4.36. The van der Waals surface area contributed by atoms with E-state index in [4.69, 9.17) is 0 Å². The highest BCUT2D eigenvalue weighted by Gasteiger charge is 2.16. The number of nitrogens with zero attached hydrogens (tertiary/aromatic N) is 4. The first-order valence-electron chi connectivity index (χ1n) is 11.4. The van der Waals surface area contributed by atoms with Gasteiger partial charge < -0.3 is 9.88 Å². The van der Waals surface area contributed by atoms with Crippen molar-refractivity contribution in [3.05, 3.63) is 90.8 Å². The molecule has 7 heteroatoms. The van der Waals surface area contributed by atoms with E-state index in [-0.39, 0.29) is 5.82 Å². The second-order valence-corrected chi connectivity index (χ2v) is 8.96. The topological polar surface area (TPSA) is 73.5 Å². The van der Waals surface area contributed by atoms with E-state index in [1.165, 1.54) is 6.07 Å². The molecule has 2 N–H and O–H groups in total. The molecule has 0 saturated carbocycles. The molecule has 0 saturated heterocycles. The summed E-state index contributed by atoms with van der Waals surface area (Å²) in [5, 5.41) is 9.62. The number of rotatable bonds is 5. The van der Waals surface area contributed by atoms with Gasteiger partial charge >= 0.3 is 0 Å².